The molecule has 4 aromatic rings. The van der Waals surface area contributed by atoms with Gasteiger partial charge in [0.2, 0.25) is 5.90 Å². The molecule has 2 atom stereocenters. The highest BCUT2D eigenvalue weighted by Gasteiger charge is 2.54. The average molecular weight is 716 g/mol. The molecule has 0 saturated carbocycles. The minimum atomic E-state index is -1.54. The molecule has 0 fully saturated rings. The van der Waals surface area contributed by atoms with Crippen molar-refractivity contribution in [1.29, 1.82) is 0 Å². The molecule has 1 heterocycles. The molecule has 0 radical (unpaired) electrons. The van der Waals surface area contributed by atoms with E-state index in [4.69, 9.17) is 29.0 Å². The molecule has 0 unspecified atom stereocenters. The van der Waals surface area contributed by atoms with E-state index in [1.807, 2.05) is 36.4 Å². The van der Waals surface area contributed by atoms with E-state index in [0.29, 0.717) is 47.1 Å². The minimum Gasteiger partial charge on any atom is -0.497 e. The Morgan fingerprint density at radius 1 is 1.00 bits per heavy atom. The summed E-state index contributed by atoms with van der Waals surface area (Å²) in [5.74, 6) is 1.63. The molecule has 0 aromatic heterocycles. The van der Waals surface area contributed by atoms with Crippen LogP contribution in [0.15, 0.2) is 106 Å². The lowest BCUT2D eigenvalue weighted by atomic mass is 9.81. The number of nitrogens with one attached hydrogen (secondary N) is 2. The lowest BCUT2D eigenvalue weighted by molar-refractivity contribution is -0.130. The van der Waals surface area contributed by atoms with E-state index in [-0.39, 0.29) is 25.5 Å². The van der Waals surface area contributed by atoms with Crippen LogP contribution in [-0.4, -0.2) is 49.9 Å². The van der Waals surface area contributed by atoms with Gasteiger partial charge in [-0.2, -0.15) is 0 Å². The van der Waals surface area contributed by atoms with Crippen LogP contribution in [0.1, 0.15) is 34.8 Å². The summed E-state index contributed by atoms with van der Waals surface area (Å²) in [7, 11) is 3.14. The molecule has 48 heavy (non-hydrogen) atoms. The fourth-order valence-corrected chi connectivity index (χ4v) is 5.59. The number of amides is 1. The van der Waals surface area contributed by atoms with Gasteiger partial charge in [-0.25, -0.2) is 10.4 Å². The van der Waals surface area contributed by atoms with Gasteiger partial charge in [0, 0.05) is 58.3 Å². The predicted octanol–water partition coefficient (Wildman–Crippen LogP) is 6.49. The Morgan fingerprint density at radius 2 is 1.71 bits per heavy atom. The van der Waals surface area contributed by atoms with Crippen LogP contribution in [0.25, 0.3) is 10.4 Å². The number of aliphatic hydroxyl groups is 1. The number of aliphatic imine (C=N–C) groups is 1. The number of azide groups is 1. The van der Waals surface area contributed by atoms with Gasteiger partial charge in [0.15, 0.2) is 11.6 Å². The lowest BCUT2D eigenvalue weighted by Gasteiger charge is -2.31. The van der Waals surface area contributed by atoms with E-state index in [0.717, 1.165) is 15.6 Å². The quantitative estimate of drug-likeness (QED) is 0.0417. The third-order valence-electron chi connectivity index (χ3n) is 7.69. The highest BCUT2D eigenvalue weighted by Crippen LogP contribution is 2.45. The van der Waals surface area contributed by atoms with Crippen LogP contribution in [0.2, 0.25) is 0 Å². The van der Waals surface area contributed by atoms with Crippen molar-refractivity contribution in [1.82, 2.24) is 10.9 Å². The van der Waals surface area contributed by atoms with Gasteiger partial charge in [0.1, 0.15) is 17.2 Å². The van der Waals surface area contributed by atoms with E-state index in [1.165, 1.54) is 0 Å². The van der Waals surface area contributed by atoms with Crippen molar-refractivity contribution in [3.05, 3.63) is 128 Å². The topological polar surface area (TPSA) is 159 Å². The molecule has 248 valence electrons. The van der Waals surface area contributed by atoms with Crippen molar-refractivity contribution < 1.29 is 28.8 Å². The maximum atomic E-state index is 14.5. The highest BCUT2D eigenvalue weighted by atomic mass is 79.9. The average Bonchev–Trinajstić information content (AvgIpc) is 3.50. The van der Waals surface area contributed by atoms with Gasteiger partial charge < -0.3 is 24.1 Å². The Morgan fingerprint density at radius 3 is 2.38 bits per heavy atom. The fraction of sp³-hybridized carbons (Fsp3) is 0.257. The first kappa shape index (κ1) is 34.3. The van der Waals surface area contributed by atoms with Crippen LogP contribution in [0, 0.1) is 0 Å². The molecule has 0 aliphatic carbocycles. The smallest absolute Gasteiger partial charge is 0.266 e. The molecule has 1 amide bonds. The van der Waals surface area contributed by atoms with Crippen molar-refractivity contribution in [3.63, 3.8) is 0 Å². The Bertz CT molecular complexity index is 1770. The third-order valence-corrected chi connectivity index (χ3v) is 8.22. The Balaban J connectivity index is 1.55. The minimum absolute atomic E-state index is 0.0343. The predicted molar refractivity (Wildman–Crippen MR) is 184 cm³/mol. The monoisotopic (exact) mass is 714 g/mol. The summed E-state index contributed by atoms with van der Waals surface area (Å²) < 4.78 is 23.9. The van der Waals surface area contributed by atoms with E-state index in [1.54, 1.807) is 68.8 Å². The van der Waals surface area contributed by atoms with E-state index >= 15 is 0 Å². The van der Waals surface area contributed by atoms with Gasteiger partial charge in [-0.05, 0) is 65.2 Å². The number of aliphatic hydroxyl groups excluding tert-OH is 1. The Hall–Kier alpha value is -5.07. The summed E-state index contributed by atoms with van der Waals surface area (Å²) in [4.78, 5) is 22.6. The zero-order valence-corrected chi connectivity index (χ0v) is 28.0. The van der Waals surface area contributed by atoms with E-state index in [2.05, 4.69) is 36.8 Å². The first-order valence-corrected chi connectivity index (χ1v) is 15.9. The number of methoxy groups -OCH3 is 2. The summed E-state index contributed by atoms with van der Waals surface area (Å²) in [6.45, 7) is 0.660. The zero-order valence-electron chi connectivity index (χ0n) is 26.4. The second kappa shape index (κ2) is 16.2. The van der Waals surface area contributed by atoms with Gasteiger partial charge in [-0.3, -0.25) is 10.2 Å². The van der Waals surface area contributed by atoms with Crippen molar-refractivity contribution in [2.24, 2.45) is 10.1 Å². The Labute approximate surface area is 286 Å². The molecule has 1 aliphatic rings. The number of nitrogens with zero attached hydrogens (tertiary/aromatic N) is 4. The molecule has 0 spiro atoms. The lowest BCUT2D eigenvalue weighted by Crippen LogP contribution is -2.53. The van der Waals surface area contributed by atoms with Crippen LogP contribution in [0.3, 0.4) is 0 Å². The molecule has 4 aromatic carbocycles. The van der Waals surface area contributed by atoms with Crippen LogP contribution in [0.4, 0.5) is 5.69 Å². The van der Waals surface area contributed by atoms with Gasteiger partial charge in [0.25, 0.3) is 5.91 Å². The van der Waals surface area contributed by atoms with Gasteiger partial charge >= 0.3 is 0 Å². The maximum Gasteiger partial charge on any atom is 0.266 e. The fourth-order valence-electron chi connectivity index (χ4n) is 5.32. The number of carbonyl (C=O) groups is 1. The molecule has 0 saturated heterocycles. The number of hydrogen-bond donors (Lipinski definition) is 3. The molecule has 5 rings (SSSR count). The van der Waals surface area contributed by atoms with Crippen LogP contribution < -0.4 is 25.1 Å². The molecular weight excluding hydrogens is 680 g/mol. The molecule has 1 aliphatic heterocycles. The van der Waals surface area contributed by atoms with E-state index < -0.39 is 17.6 Å². The second-order valence-corrected chi connectivity index (χ2v) is 11.8. The molecule has 3 N–H and O–H groups in total. The number of ether oxygens (including phenoxy) is 4. The standard InChI is InChI=1S/C35H35BrN6O6/c1-45-28-18-24(19-29(20-28)46-2)22-38-41-34(44)35(21-23-8-12-26(36)13-9-23)32(30-6-3-4-7-31(30)40-42-37)48-33(39-35)25-10-14-27(15-11-25)47-17-5-16-43/h3-4,6-15,18-20,32,38,43H,5,16-17,21-22H2,1-2H3,(H,41,44)/t32-,35-/m0/s1. The number of hydrazine groups is 1. The summed E-state index contributed by atoms with van der Waals surface area (Å²) in [5.41, 5.74) is 16.8. The first-order chi connectivity index (χ1) is 23.4. The number of rotatable bonds is 15. The summed E-state index contributed by atoms with van der Waals surface area (Å²) in [6.07, 6.45) is -0.309. The van der Waals surface area contributed by atoms with Crippen molar-refractivity contribution >= 4 is 33.4 Å². The number of halogens is 1. The third kappa shape index (κ3) is 8.07. The Kier molecular flexibility index (Phi) is 11.5. The number of carbonyl (C=O) groups excluding carboxylic acids is 1. The number of hydrogen-bond acceptors (Lipinski definition) is 9. The highest BCUT2D eigenvalue weighted by molar-refractivity contribution is 9.10. The number of benzene rings is 4. The first-order valence-electron chi connectivity index (χ1n) is 15.1. The van der Waals surface area contributed by atoms with Gasteiger partial charge in [-0.15, -0.1) is 0 Å². The van der Waals surface area contributed by atoms with E-state index in [9.17, 15) is 10.3 Å². The van der Waals surface area contributed by atoms with Crippen molar-refractivity contribution in [3.8, 4) is 17.2 Å². The van der Waals surface area contributed by atoms with Gasteiger partial charge in [-0.1, -0.05) is 57.4 Å². The normalized spacial score (nSPS) is 16.7. The van der Waals surface area contributed by atoms with Crippen molar-refractivity contribution in [2.75, 3.05) is 27.4 Å². The van der Waals surface area contributed by atoms with Crippen LogP contribution in [0.5, 0.6) is 17.2 Å². The zero-order chi connectivity index (χ0) is 33.9. The van der Waals surface area contributed by atoms with Gasteiger partial charge in [0.05, 0.1) is 20.8 Å². The summed E-state index contributed by atoms with van der Waals surface area (Å²) >= 11 is 3.49. The second-order valence-electron chi connectivity index (χ2n) is 10.9. The molecule has 13 heteroatoms. The summed E-state index contributed by atoms with van der Waals surface area (Å²) in [5, 5.41) is 13.0. The molecular formula is C35H35BrN6O6. The van der Waals surface area contributed by atoms with Crippen LogP contribution in [-0.2, 0) is 22.5 Å². The van der Waals surface area contributed by atoms with Crippen molar-refractivity contribution in [2.45, 2.75) is 31.0 Å². The van der Waals surface area contributed by atoms with Crippen LogP contribution >= 0.6 is 15.9 Å². The molecule has 0 bridgehead atoms. The maximum absolute atomic E-state index is 14.5. The molecule has 12 nitrogen and oxygen atoms in total. The largest absolute Gasteiger partial charge is 0.497 e. The SMILES string of the molecule is COc1cc(CNNC(=O)[C@@]2(Cc3ccc(Br)cc3)N=C(c3ccc(OCCCO)cc3)O[C@H]2c2ccccc2N=[N+]=[N-])cc(OC)c1. The summed E-state index contributed by atoms with van der Waals surface area (Å²) in [6, 6.07) is 27.2.